The Morgan fingerprint density at radius 2 is 1.61 bits per heavy atom. The van der Waals surface area contributed by atoms with Crippen LogP contribution in [0.3, 0.4) is 0 Å². The molecule has 1 fully saturated rings. The van der Waals surface area contributed by atoms with Crippen molar-refractivity contribution >= 4 is 11.8 Å². The molecule has 1 saturated heterocycles. The van der Waals surface area contributed by atoms with Gasteiger partial charge in [-0.15, -0.1) is 0 Å². The third-order valence-electron chi connectivity index (χ3n) is 3.50. The Labute approximate surface area is 145 Å². The Balaban J connectivity index is -0.000000514. The van der Waals surface area contributed by atoms with Gasteiger partial charge in [-0.1, -0.05) is 25.3 Å². The van der Waals surface area contributed by atoms with E-state index in [0.29, 0.717) is 12.8 Å². The molecule has 6 nitrogen and oxygen atoms in total. The van der Waals surface area contributed by atoms with Gasteiger partial charge in [0.05, 0.1) is 11.8 Å². The fraction of sp³-hybridized carbons (Fsp3) is 0.312. The van der Waals surface area contributed by atoms with Crippen LogP contribution < -0.4 is 0 Å². The van der Waals surface area contributed by atoms with Crippen LogP contribution in [0.4, 0.5) is 0 Å². The molecule has 0 radical (unpaired) electrons. The number of rotatable bonds is 2. The van der Waals surface area contributed by atoms with Gasteiger partial charge in [0.2, 0.25) is 11.8 Å². The van der Waals surface area contributed by atoms with Crippen molar-refractivity contribution in [1.29, 1.82) is 0 Å². The summed E-state index contributed by atoms with van der Waals surface area (Å²) in [5.41, 5.74) is 1.90. The van der Waals surface area contributed by atoms with Gasteiger partial charge in [0.25, 0.3) is 0 Å². The molecule has 0 bridgehead atoms. The van der Waals surface area contributed by atoms with Crippen molar-refractivity contribution in [3.63, 3.8) is 0 Å². The topological polar surface area (TPSA) is 97.1 Å². The number of allylic oxidation sites excluding steroid dienone is 4. The molecule has 0 aromatic carbocycles. The molecule has 1 aliphatic heterocycles. The maximum atomic E-state index is 11.8. The van der Waals surface area contributed by atoms with Gasteiger partial charge in [0.1, 0.15) is 0 Å². The summed E-state index contributed by atoms with van der Waals surface area (Å²) in [5, 5.41) is 0. The quantitative estimate of drug-likeness (QED) is 0.246. The Morgan fingerprint density at radius 3 is 2.04 bits per heavy atom. The van der Waals surface area contributed by atoms with Gasteiger partial charge in [-0.2, -0.15) is 0 Å². The molecular weight excluding hydrogens is 342 g/mol. The molecule has 1 heterocycles. The normalized spacial score (nSPS) is 20.3. The molecule has 122 valence electrons. The zero-order valence-electron chi connectivity index (χ0n) is 12.5. The molecule has 0 unspecified atom stereocenters. The van der Waals surface area contributed by atoms with E-state index in [1.54, 1.807) is 13.1 Å². The van der Waals surface area contributed by atoms with Crippen molar-refractivity contribution in [3.05, 3.63) is 56.4 Å². The van der Waals surface area contributed by atoms with E-state index in [1.165, 1.54) is 4.90 Å². The Kier molecular flexibility index (Phi) is 15.5. The molecule has 0 spiro atoms. The first-order chi connectivity index (χ1) is 10.6. The van der Waals surface area contributed by atoms with Crippen LogP contribution in [0.5, 0.6) is 0 Å². The van der Waals surface area contributed by atoms with Crippen LogP contribution in [-0.2, 0) is 40.6 Å². The van der Waals surface area contributed by atoms with Crippen LogP contribution in [0.25, 0.3) is 0 Å². The summed E-state index contributed by atoms with van der Waals surface area (Å²) in [6, 6.07) is 0. The number of imide groups is 1. The molecule has 7 heteroatoms. The molecule has 2 aliphatic rings. The van der Waals surface area contributed by atoms with Crippen molar-refractivity contribution in [2.24, 2.45) is 11.8 Å². The van der Waals surface area contributed by atoms with E-state index in [0.717, 1.165) is 11.1 Å². The second-order valence-electron chi connectivity index (χ2n) is 4.35. The summed E-state index contributed by atoms with van der Waals surface area (Å²) in [7, 11) is 1.56. The summed E-state index contributed by atoms with van der Waals surface area (Å²) in [6.45, 7) is 21.0. The van der Waals surface area contributed by atoms with Crippen LogP contribution >= 0.6 is 0 Å². The first-order valence-electron chi connectivity index (χ1n) is 5.99. The molecular formula is C16H15FeNO5. The van der Waals surface area contributed by atoms with Gasteiger partial charge in [0.15, 0.2) is 0 Å². The molecule has 0 aromatic rings. The Morgan fingerprint density at radius 1 is 1.17 bits per heavy atom. The van der Waals surface area contributed by atoms with E-state index in [1.807, 2.05) is 6.08 Å². The van der Waals surface area contributed by atoms with E-state index in [2.05, 4.69) is 33.1 Å². The third-order valence-corrected chi connectivity index (χ3v) is 3.50. The number of amides is 2. The molecule has 2 rings (SSSR count). The van der Waals surface area contributed by atoms with E-state index >= 15 is 0 Å². The second-order valence-corrected chi connectivity index (χ2v) is 4.35. The summed E-state index contributed by atoms with van der Waals surface area (Å²) in [6.07, 6.45) is 4.96. The molecule has 23 heavy (non-hydrogen) atoms. The van der Waals surface area contributed by atoms with Gasteiger partial charge in [-0.05, 0) is 24.0 Å². The van der Waals surface area contributed by atoms with Crippen LogP contribution in [0.1, 0.15) is 12.8 Å². The van der Waals surface area contributed by atoms with Crippen LogP contribution in [-0.4, -0.2) is 23.8 Å². The van der Waals surface area contributed by atoms with E-state index in [-0.39, 0.29) is 40.7 Å². The van der Waals surface area contributed by atoms with Gasteiger partial charge < -0.3 is 0 Å². The van der Waals surface area contributed by atoms with Gasteiger partial charge in [0, 0.05) is 24.1 Å². The number of nitrogens with zero attached hydrogens (tertiary/aromatic N) is 1. The van der Waals surface area contributed by atoms with Crippen molar-refractivity contribution < 1.29 is 40.6 Å². The zero-order valence-corrected chi connectivity index (χ0v) is 13.6. The largest absolute Gasteiger partial charge is 0 e. The smallest absolute Gasteiger partial charge is 0 e. The van der Waals surface area contributed by atoms with Gasteiger partial charge in [-0.3, -0.25) is 14.5 Å². The maximum Gasteiger partial charge on any atom is 0 e. The summed E-state index contributed by atoms with van der Waals surface area (Å²) >= 11 is 0. The average Bonchev–Trinajstić information content (AvgIpc) is 2.83. The van der Waals surface area contributed by atoms with Crippen molar-refractivity contribution in [2.45, 2.75) is 12.8 Å². The second kappa shape index (κ2) is 13.7. The minimum absolute atomic E-state index is 0. The minimum atomic E-state index is -0.186. The predicted octanol–water partition coefficient (Wildman–Crippen LogP) is 1.56. The zero-order chi connectivity index (χ0) is 17.9. The number of hydrogen-bond acceptors (Lipinski definition) is 2. The average molecular weight is 357 g/mol. The van der Waals surface area contributed by atoms with Crippen molar-refractivity contribution in [1.82, 2.24) is 4.90 Å². The van der Waals surface area contributed by atoms with Crippen molar-refractivity contribution in [2.75, 3.05) is 7.05 Å². The molecule has 0 aromatic heterocycles. The van der Waals surface area contributed by atoms with Gasteiger partial charge >= 0.3 is 33.9 Å². The maximum absolute atomic E-state index is 11.8. The van der Waals surface area contributed by atoms with Crippen molar-refractivity contribution in [3.8, 4) is 0 Å². The van der Waals surface area contributed by atoms with Crippen LogP contribution in [0.2, 0.25) is 0 Å². The number of carbonyl (C=O) groups is 2. The molecule has 0 N–H and O–H groups in total. The SMILES string of the molecule is C=CC(=C)C1=CC[C@H]2C(=O)N(C)C(=O)[C@H]2C1.[C-]#[O+].[C-]#[O+].[C-]#[O+].[Fe]. The minimum Gasteiger partial charge on any atom is 0 e. The van der Waals surface area contributed by atoms with Crippen LogP contribution in [0, 0.1) is 31.8 Å². The standard InChI is InChI=1S/C13H15NO2.3CO.Fe/c1-4-8(2)9-5-6-10-11(7-9)13(16)14(3)12(10)15;3*1-2;/h4-5,10-11H,1-2,6-7H2,3H3;;;;/t10-,11+;;;;/m1..../s1. The number of likely N-dealkylation sites (tertiary alicyclic amines) is 1. The predicted molar refractivity (Wildman–Crippen MR) is 73.2 cm³/mol. The monoisotopic (exact) mass is 357 g/mol. The summed E-state index contributed by atoms with van der Waals surface area (Å²) in [4.78, 5) is 24.8. The summed E-state index contributed by atoms with van der Waals surface area (Å²) < 4.78 is 22.5. The molecule has 2 atom stereocenters. The number of fused-ring (bicyclic) bond motifs is 1. The Hall–Kier alpha value is -1.90. The van der Waals surface area contributed by atoms with Crippen LogP contribution in [0.15, 0.2) is 36.5 Å². The molecule has 0 saturated carbocycles. The molecule has 1 aliphatic carbocycles. The van der Waals surface area contributed by atoms with Gasteiger partial charge in [-0.25, -0.2) is 0 Å². The fourth-order valence-corrected chi connectivity index (χ4v) is 2.43. The first kappa shape index (κ1) is 26.0. The van der Waals surface area contributed by atoms with E-state index in [9.17, 15) is 9.59 Å². The first-order valence-corrected chi connectivity index (χ1v) is 5.99. The van der Waals surface area contributed by atoms with E-state index < -0.39 is 0 Å². The number of carbonyl (C=O) groups excluding carboxylic acids is 2. The number of hydrogen-bond donors (Lipinski definition) is 0. The third kappa shape index (κ3) is 6.01. The summed E-state index contributed by atoms with van der Waals surface area (Å²) in [5.74, 6) is -0.444. The van der Waals surface area contributed by atoms with E-state index in [4.69, 9.17) is 14.0 Å². The molecule has 2 amide bonds. The fourth-order valence-electron chi connectivity index (χ4n) is 2.43. The Bertz CT molecular complexity index is 530.